The van der Waals surface area contributed by atoms with Crippen LogP contribution in [0.15, 0.2) is 12.3 Å². The first-order valence-corrected chi connectivity index (χ1v) is 4.38. The molecular formula is C7H5BrF3NO. The second-order valence-corrected chi connectivity index (χ2v) is 2.89. The highest BCUT2D eigenvalue weighted by Gasteiger charge is 2.32. The van der Waals surface area contributed by atoms with Crippen LogP contribution in [0.4, 0.5) is 13.2 Å². The lowest BCUT2D eigenvalue weighted by Gasteiger charge is -2.07. The molecule has 0 spiro atoms. The Labute approximate surface area is 80.5 Å². The molecule has 1 aromatic rings. The Kier molecular flexibility index (Phi) is 2.80. The van der Waals surface area contributed by atoms with Crippen LogP contribution in [0.25, 0.3) is 0 Å². The molecule has 0 saturated heterocycles. The van der Waals surface area contributed by atoms with Gasteiger partial charge >= 0.3 is 6.18 Å². The van der Waals surface area contributed by atoms with E-state index in [1.807, 2.05) is 0 Å². The third-order valence-corrected chi connectivity index (χ3v) is 2.00. The van der Waals surface area contributed by atoms with Gasteiger partial charge in [0.15, 0.2) is 0 Å². The van der Waals surface area contributed by atoms with Crippen LogP contribution >= 0.6 is 15.9 Å². The van der Waals surface area contributed by atoms with Gasteiger partial charge in [-0.3, -0.25) is 0 Å². The quantitative estimate of drug-likeness (QED) is 0.783. The van der Waals surface area contributed by atoms with E-state index in [2.05, 4.69) is 20.9 Å². The summed E-state index contributed by atoms with van der Waals surface area (Å²) in [6, 6.07) is 0.810. The maximum absolute atomic E-state index is 12.1. The Morgan fingerprint density at radius 1 is 1.46 bits per heavy atom. The standard InChI is InChI=1S/C7H5BrF3NO/c8-2-4-1-6(7(9,10)11)12-3-5(4)13/h1,3,13H,2H2. The van der Waals surface area contributed by atoms with E-state index in [0.717, 1.165) is 12.3 Å². The van der Waals surface area contributed by atoms with Gasteiger partial charge in [-0.05, 0) is 6.07 Å². The number of hydrogen-bond donors (Lipinski definition) is 1. The van der Waals surface area contributed by atoms with Gasteiger partial charge in [-0.1, -0.05) is 15.9 Å². The molecule has 0 aliphatic rings. The maximum atomic E-state index is 12.1. The summed E-state index contributed by atoms with van der Waals surface area (Å²) in [5, 5.41) is 9.20. The average molecular weight is 256 g/mol. The largest absolute Gasteiger partial charge is 0.506 e. The van der Waals surface area contributed by atoms with Crippen LogP contribution in [-0.2, 0) is 11.5 Å². The molecule has 0 aliphatic heterocycles. The second-order valence-electron chi connectivity index (χ2n) is 2.33. The molecule has 0 unspecified atom stereocenters. The molecule has 0 aliphatic carbocycles. The number of pyridine rings is 1. The van der Waals surface area contributed by atoms with Crippen molar-refractivity contribution in [2.75, 3.05) is 0 Å². The lowest BCUT2D eigenvalue weighted by molar-refractivity contribution is -0.141. The fraction of sp³-hybridized carbons (Fsp3) is 0.286. The van der Waals surface area contributed by atoms with Gasteiger partial charge in [-0.25, -0.2) is 4.98 Å². The Bertz CT molecular complexity index is 313. The lowest BCUT2D eigenvalue weighted by atomic mass is 10.2. The monoisotopic (exact) mass is 255 g/mol. The molecule has 0 atom stereocenters. The number of alkyl halides is 4. The molecule has 13 heavy (non-hydrogen) atoms. The Morgan fingerprint density at radius 2 is 2.08 bits per heavy atom. The van der Waals surface area contributed by atoms with E-state index in [-0.39, 0.29) is 16.6 Å². The van der Waals surface area contributed by atoms with Crippen molar-refractivity contribution in [1.82, 2.24) is 4.98 Å². The van der Waals surface area contributed by atoms with Crippen LogP contribution in [0.1, 0.15) is 11.3 Å². The first kappa shape index (κ1) is 10.3. The summed E-state index contributed by atoms with van der Waals surface area (Å²) in [5.74, 6) is -0.245. The highest BCUT2D eigenvalue weighted by atomic mass is 79.9. The normalized spacial score (nSPS) is 11.7. The van der Waals surface area contributed by atoms with Crippen LogP contribution < -0.4 is 0 Å². The van der Waals surface area contributed by atoms with Gasteiger partial charge in [0.1, 0.15) is 11.4 Å². The molecule has 1 heterocycles. The summed E-state index contributed by atoms with van der Waals surface area (Å²) in [7, 11) is 0. The smallest absolute Gasteiger partial charge is 0.433 e. The minimum atomic E-state index is -4.47. The number of nitrogens with zero attached hydrogens (tertiary/aromatic N) is 1. The van der Waals surface area contributed by atoms with Crippen LogP contribution in [0, 0.1) is 0 Å². The number of hydrogen-bond acceptors (Lipinski definition) is 2. The fourth-order valence-corrected chi connectivity index (χ4v) is 1.20. The third kappa shape index (κ3) is 2.33. The van der Waals surface area contributed by atoms with E-state index < -0.39 is 11.9 Å². The lowest BCUT2D eigenvalue weighted by Crippen LogP contribution is -2.08. The Balaban J connectivity index is 3.14. The highest BCUT2D eigenvalue weighted by Crippen LogP contribution is 2.30. The van der Waals surface area contributed by atoms with E-state index >= 15 is 0 Å². The SMILES string of the molecule is Oc1cnc(C(F)(F)F)cc1CBr. The van der Waals surface area contributed by atoms with Crippen LogP contribution in [0.3, 0.4) is 0 Å². The highest BCUT2D eigenvalue weighted by molar-refractivity contribution is 9.08. The van der Waals surface area contributed by atoms with Crippen LogP contribution in [0.2, 0.25) is 0 Å². The summed E-state index contributed by atoms with van der Waals surface area (Å²) in [4.78, 5) is 3.06. The van der Waals surface area contributed by atoms with E-state index in [0.29, 0.717) is 0 Å². The van der Waals surface area contributed by atoms with Crippen molar-refractivity contribution in [3.63, 3.8) is 0 Å². The summed E-state index contributed by atoms with van der Waals surface area (Å²) >= 11 is 2.95. The number of aromatic hydroxyl groups is 1. The van der Waals surface area contributed by atoms with Gasteiger partial charge in [0.2, 0.25) is 0 Å². The third-order valence-electron chi connectivity index (χ3n) is 1.40. The van der Waals surface area contributed by atoms with Gasteiger partial charge in [0, 0.05) is 10.9 Å². The molecule has 0 aromatic carbocycles. The van der Waals surface area contributed by atoms with Gasteiger partial charge in [-0.15, -0.1) is 0 Å². The molecular weight excluding hydrogens is 251 g/mol. The molecule has 1 aromatic heterocycles. The molecule has 2 nitrogen and oxygen atoms in total. The van der Waals surface area contributed by atoms with Gasteiger partial charge in [0.05, 0.1) is 6.20 Å². The average Bonchev–Trinajstić information content (AvgIpc) is 2.03. The van der Waals surface area contributed by atoms with Crippen molar-refractivity contribution in [2.24, 2.45) is 0 Å². The number of halogens is 4. The van der Waals surface area contributed by atoms with Crippen molar-refractivity contribution < 1.29 is 18.3 Å². The zero-order valence-corrected chi connectivity index (χ0v) is 7.85. The van der Waals surface area contributed by atoms with E-state index in [4.69, 9.17) is 5.11 Å². The molecule has 0 radical (unpaired) electrons. The topological polar surface area (TPSA) is 33.1 Å². The maximum Gasteiger partial charge on any atom is 0.433 e. The van der Waals surface area contributed by atoms with Crippen LogP contribution in [0.5, 0.6) is 5.75 Å². The zero-order chi connectivity index (χ0) is 10.1. The van der Waals surface area contributed by atoms with Crippen molar-refractivity contribution in [1.29, 1.82) is 0 Å². The van der Waals surface area contributed by atoms with Crippen molar-refractivity contribution in [3.8, 4) is 5.75 Å². The summed E-state index contributed by atoms with van der Waals surface area (Å²) in [6.07, 6.45) is -3.68. The van der Waals surface area contributed by atoms with Gasteiger partial charge < -0.3 is 5.11 Å². The van der Waals surface area contributed by atoms with Crippen LogP contribution in [-0.4, -0.2) is 10.1 Å². The van der Waals surface area contributed by atoms with Gasteiger partial charge in [-0.2, -0.15) is 13.2 Å². The number of aromatic nitrogens is 1. The minimum Gasteiger partial charge on any atom is -0.506 e. The predicted octanol–water partition coefficient (Wildman–Crippen LogP) is 2.70. The molecule has 6 heteroatoms. The summed E-state index contributed by atoms with van der Waals surface area (Å²) < 4.78 is 36.2. The molecule has 1 N–H and O–H groups in total. The predicted molar refractivity (Wildman–Crippen MR) is 43.5 cm³/mol. The van der Waals surface area contributed by atoms with Crippen molar-refractivity contribution in [3.05, 3.63) is 23.5 Å². The Morgan fingerprint density at radius 3 is 2.54 bits per heavy atom. The molecule has 72 valence electrons. The fourth-order valence-electron chi connectivity index (χ4n) is 0.752. The van der Waals surface area contributed by atoms with Crippen molar-refractivity contribution in [2.45, 2.75) is 11.5 Å². The molecule has 0 amide bonds. The van der Waals surface area contributed by atoms with E-state index in [9.17, 15) is 13.2 Å². The molecule has 1 rings (SSSR count). The zero-order valence-electron chi connectivity index (χ0n) is 6.27. The van der Waals surface area contributed by atoms with E-state index in [1.165, 1.54) is 0 Å². The molecule has 0 bridgehead atoms. The number of rotatable bonds is 1. The van der Waals surface area contributed by atoms with E-state index in [1.54, 1.807) is 0 Å². The second kappa shape index (κ2) is 3.53. The van der Waals surface area contributed by atoms with Gasteiger partial charge in [0.25, 0.3) is 0 Å². The minimum absolute atomic E-state index is 0.157. The summed E-state index contributed by atoms with van der Waals surface area (Å²) in [5.41, 5.74) is -0.831. The molecule has 0 saturated carbocycles. The first-order valence-electron chi connectivity index (χ1n) is 3.26. The Hall–Kier alpha value is -0.780. The summed E-state index contributed by atoms with van der Waals surface area (Å²) in [6.45, 7) is 0. The molecule has 0 fully saturated rings. The first-order chi connectivity index (χ1) is 5.95. The van der Waals surface area contributed by atoms with Crippen molar-refractivity contribution >= 4 is 15.9 Å².